The first-order valence-electron chi connectivity index (χ1n) is 7.82. The summed E-state index contributed by atoms with van der Waals surface area (Å²) in [6.45, 7) is 2.78. The highest BCUT2D eigenvalue weighted by atomic mass is 127. The summed E-state index contributed by atoms with van der Waals surface area (Å²) in [6, 6.07) is 0. The number of guanidine groups is 1. The monoisotopic (exact) mass is 429 g/mol. The van der Waals surface area contributed by atoms with E-state index in [1.807, 2.05) is 0 Å². The molecule has 2 fully saturated rings. The highest BCUT2D eigenvalue weighted by Gasteiger charge is 2.23. The molecule has 2 N–H and O–H groups in total. The van der Waals surface area contributed by atoms with Gasteiger partial charge in [-0.2, -0.15) is 0 Å². The minimum Gasteiger partial charge on any atom is -0.370 e. The largest absolute Gasteiger partial charge is 0.370 e. The van der Waals surface area contributed by atoms with Crippen molar-refractivity contribution in [1.29, 1.82) is 0 Å². The third-order valence-corrected chi connectivity index (χ3v) is 6.13. The van der Waals surface area contributed by atoms with E-state index in [4.69, 9.17) is 5.73 Å². The molecule has 0 radical (unpaired) electrons. The number of hydrogen-bond acceptors (Lipinski definition) is 3. The molecule has 2 rings (SSSR count). The van der Waals surface area contributed by atoms with Gasteiger partial charge in [-0.25, -0.2) is 8.42 Å². The third kappa shape index (κ3) is 6.71. The predicted molar refractivity (Wildman–Crippen MR) is 97.9 cm³/mol. The van der Waals surface area contributed by atoms with Gasteiger partial charge in [-0.05, 0) is 38.0 Å². The molecular weight excluding hydrogens is 401 g/mol. The number of halogens is 1. The van der Waals surface area contributed by atoms with E-state index in [1.165, 1.54) is 25.7 Å². The topological polar surface area (TPSA) is 75.8 Å². The number of rotatable bonds is 3. The molecule has 0 aliphatic carbocycles. The third-order valence-electron chi connectivity index (χ3n) is 4.42. The van der Waals surface area contributed by atoms with Gasteiger partial charge < -0.3 is 10.6 Å². The van der Waals surface area contributed by atoms with Crippen molar-refractivity contribution >= 4 is 39.8 Å². The van der Waals surface area contributed by atoms with Crippen LogP contribution >= 0.6 is 24.0 Å². The second kappa shape index (κ2) is 9.17. The Morgan fingerprint density at radius 3 is 2.24 bits per heavy atom. The molecule has 7 heteroatoms. The summed E-state index contributed by atoms with van der Waals surface area (Å²) in [4.78, 5) is 6.68. The average Bonchev–Trinajstić information content (AvgIpc) is 2.69. The van der Waals surface area contributed by atoms with E-state index in [9.17, 15) is 8.42 Å². The summed E-state index contributed by atoms with van der Waals surface area (Å²) in [5.41, 5.74) is 6.06. The number of nitrogens with zero attached hydrogens (tertiary/aromatic N) is 2. The Balaban J connectivity index is 0.00000220. The second-order valence-electron chi connectivity index (χ2n) is 6.03. The minimum atomic E-state index is -2.75. The highest BCUT2D eigenvalue weighted by molar-refractivity contribution is 14.0. The van der Waals surface area contributed by atoms with Crippen LogP contribution in [0.4, 0.5) is 0 Å². The van der Waals surface area contributed by atoms with Crippen LogP contribution in [0.2, 0.25) is 0 Å². The molecule has 0 spiro atoms. The van der Waals surface area contributed by atoms with Crippen molar-refractivity contribution in [3.8, 4) is 0 Å². The summed E-state index contributed by atoms with van der Waals surface area (Å²) in [5.74, 6) is 1.88. The zero-order chi connectivity index (χ0) is 14.4. The van der Waals surface area contributed by atoms with Crippen LogP contribution in [0.25, 0.3) is 0 Å². The quantitative estimate of drug-likeness (QED) is 0.423. The molecule has 0 amide bonds. The number of nitrogens with two attached hydrogens (primary N) is 1. The summed E-state index contributed by atoms with van der Waals surface area (Å²) >= 11 is 0. The van der Waals surface area contributed by atoms with E-state index >= 15 is 0 Å². The van der Waals surface area contributed by atoms with Gasteiger partial charge in [0.25, 0.3) is 0 Å². The maximum Gasteiger partial charge on any atom is 0.191 e. The number of likely N-dealkylation sites (tertiary alicyclic amines) is 1. The second-order valence-corrected chi connectivity index (χ2v) is 8.33. The molecule has 0 unspecified atom stereocenters. The summed E-state index contributed by atoms with van der Waals surface area (Å²) < 4.78 is 22.7. The van der Waals surface area contributed by atoms with Crippen LogP contribution in [0.15, 0.2) is 4.99 Å². The minimum absolute atomic E-state index is 0. The molecule has 2 heterocycles. The number of hydrogen-bond donors (Lipinski definition) is 1. The first-order valence-corrected chi connectivity index (χ1v) is 9.64. The molecule has 2 aliphatic rings. The van der Waals surface area contributed by atoms with Gasteiger partial charge in [-0.1, -0.05) is 12.8 Å². The molecule has 124 valence electrons. The fourth-order valence-corrected chi connectivity index (χ4v) is 4.58. The molecule has 0 bridgehead atoms. The van der Waals surface area contributed by atoms with Crippen molar-refractivity contribution in [2.24, 2.45) is 16.6 Å². The van der Waals surface area contributed by atoms with Crippen LogP contribution in [-0.2, 0) is 9.84 Å². The smallest absolute Gasteiger partial charge is 0.191 e. The first-order chi connectivity index (χ1) is 9.57. The summed E-state index contributed by atoms with van der Waals surface area (Å²) in [5, 5.41) is 0. The molecule has 2 aliphatic heterocycles. The van der Waals surface area contributed by atoms with Gasteiger partial charge in [-0.15, -0.1) is 24.0 Å². The van der Waals surface area contributed by atoms with Crippen molar-refractivity contribution in [1.82, 2.24) is 4.90 Å². The van der Waals surface area contributed by atoms with Crippen LogP contribution in [0, 0.1) is 5.92 Å². The maximum atomic E-state index is 11.4. The molecule has 0 aromatic heterocycles. The fraction of sp³-hybridized carbons (Fsp3) is 0.929. The lowest BCUT2D eigenvalue weighted by Gasteiger charge is -2.23. The van der Waals surface area contributed by atoms with E-state index in [1.54, 1.807) is 0 Å². The zero-order valence-electron chi connectivity index (χ0n) is 12.7. The zero-order valence-corrected chi connectivity index (χ0v) is 15.8. The lowest BCUT2D eigenvalue weighted by Crippen LogP contribution is -2.38. The molecular formula is C14H28IN3O2S. The van der Waals surface area contributed by atoms with E-state index in [0.717, 1.165) is 38.9 Å². The van der Waals surface area contributed by atoms with E-state index < -0.39 is 9.84 Å². The Morgan fingerprint density at radius 2 is 1.67 bits per heavy atom. The first kappa shape index (κ1) is 19.0. The van der Waals surface area contributed by atoms with E-state index in [0.29, 0.717) is 23.4 Å². The fourth-order valence-electron chi connectivity index (χ4n) is 2.99. The van der Waals surface area contributed by atoms with Crippen molar-refractivity contribution in [3.05, 3.63) is 0 Å². The Labute approximate surface area is 145 Å². The molecule has 0 aromatic rings. The molecule has 21 heavy (non-hydrogen) atoms. The average molecular weight is 429 g/mol. The van der Waals surface area contributed by atoms with E-state index in [-0.39, 0.29) is 24.0 Å². The maximum absolute atomic E-state index is 11.4. The molecule has 5 nitrogen and oxygen atoms in total. The number of aliphatic imine (C=N–C) groups is 1. The van der Waals surface area contributed by atoms with Gasteiger partial charge in [0, 0.05) is 19.6 Å². The Bertz CT molecular complexity index is 418. The van der Waals surface area contributed by atoms with Gasteiger partial charge in [0.1, 0.15) is 9.84 Å². The van der Waals surface area contributed by atoms with Crippen LogP contribution in [-0.4, -0.2) is 50.4 Å². The Kier molecular flexibility index (Phi) is 8.30. The Morgan fingerprint density at radius 1 is 1.10 bits per heavy atom. The Hall–Kier alpha value is -0.0500. The van der Waals surface area contributed by atoms with Gasteiger partial charge >= 0.3 is 0 Å². The highest BCUT2D eigenvalue weighted by Crippen LogP contribution is 2.21. The standard InChI is InChI=1S/C14H27N3O2S.HI/c15-14(17-9-3-1-2-4-10-17)16-8-5-13-6-11-20(18,19)12-7-13;/h13H,1-12H2,(H2,15,16);1H. The van der Waals surface area contributed by atoms with Crippen molar-refractivity contribution in [2.45, 2.75) is 44.9 Å². The van der Waals surface area contributed by atoms with E-state index in [2.05, 4.69) is 9.89 Å². The predicted octanol–water partition coefficient (Wildman–Crippen LogP) is 2.01. The van der Waals surface area contributed by atoms with Gasteiger partial charge in [0.15, 0.2) is 5.96 Å². The van der Waals surface area contributed by atoms with Crippen molar-refractivity contribution < 1.29 is 8.42 Å². The van der Waals surface area contributed by atoms with Gasteiger partial charge in [0.2, 0.25) is 0 Å². The summed E-state index contributed by atoms with van der Waals surface area (Å²) in [7, 11) is -2.75. The van der Waals surface area contributed by atoms with Gasteiger partial charge in [-0.3, -0.25) is 4.99 Å². The van der Waals surface area contributed by atoms with Crippen LogP contribution in [0.1, 0.15) is 44.9 Å². The lowest BCUT2D eigenvalue weighted by molar-refractivity contribution is 0.420. The van der Waals surface area contributed by atoms with Crippen molar-refractivity contribution in [2.75, 3.05) is 31.1 Å². The lowest BCUT2D eigenvalue weighted by atomic mass is 9.99. The normalized spacial score (nSPS) is 24.2. The van der Waals surface area contributed by atoms with Crippen LogP contribution in [0.3, 0.4) is 0 Å². The summed E-state index contributed by atoms with van der Waals surface area (Å²) in [6.07, 6.45) is 7.54. The molecule has 0 aromatic carbocycles. The number of sulfone groups is 1. The van der Waals surface area contributed by atoms with Crippen LogP contribution < -0.4 is 5.73 Å². The van der Waals surface area contributed by atoms with Crippen LogP contribution in [0.5, 0.6) is 0 Å². The molecule has 0 saturated carbocycles. The molecule has 2 saturated heterocycles. The molecule has 0 atom stereocenters. The van der Waals surface area contributed by atoms with Gasteiger partial charge in [0.05, 0.1) is 11.5 Å². The van der Waals surface area contributed by atoms with Crippen molar-refractivity contribution in [3.63, 3.8) is 0 Å². The SMILES string of the molecule is I.NC(=NCCC1CCS(=O)(=O)CC1)N1CCCCCC1.